The Hall–Kier alpha value is -1.39. The monoisotopic (exact) mass is 277 g/mol. The van der Waals surface area contributed by atoms with Crippen LogP contribution in [0.4, 0.5) is 0 Å². The number of rotatable bonds is 8. The molecule has 1 aliphatic carbocycles. The SMILES string of the molecule is COC(=O)C(N)(COCCCc1ccccc1)C1CC1. The lowest BCUT2D eigenvalue weighted by atomic mass is 9.96. The minimum Gasteiger partial charge on any atom is -0.468 e. The molecule has 0 aliphatic heterocycles. The third kappa shape index (κ3) is 3.81. The molecule has 0 radical (unpaired) electrons. The number of carbonyl (C=O) groups is 1. The summed E-state index contributed by atoms with van der Waals surface area (Å²) in [6.07, 6.45) is 3.87. The molecule has 2 N–H and O–H groups in total. The minimum atomic E-state index is -0.957. The summed E-state index contributed by atoms with van der Waals surface area (Å²) < 4.78 is 10.4. The van der Waals surface area contributed by atoms with E-state index in [2.05, 4.69) is 12.1 Å². The van der Waals surface area contributed by atoms with Gasteiger partial charge in [0, 0.05) is 6.61 Å². The minimum absolute atomic E-state index is 0.212. The average molecular weight is 277 g/mol. The van der Waals surface area contributed by atoms with E-state index in [1.54, 1.807) is 0 Å². The Morgan fingerprint density at radius 1 is 1.35 bits per heavy atom. The standard InChI is InChI=1S/C16H23NO3/c1-19-15(18)16(17,14-9-10-14)12-20-11-5-8-13-6-3-2-4-7-13/h2-4,6-7,14H,5,8-12,17H2,1H3. The van der Waals surface area contributed by atoms with E-state index in [4.69, 9.17) is 15.2 Å². The molecule has 1 aromatic rings. The molecule has 4 heteroatoms. The summed E-state index contributed by atoms with van der Waals surface area (Å²) in [5, 5.41) is 0. The molecule has 2 rings (SSSR count). The molecular weight excluding hydrogens is 254 g/mol. The maximum atomic E-state index is 11.8. The predicted molar refractivity (Wildman–Crippen MR) is 77.2 cm³/mol. The molecule has 0 heterocycles. The van der Waals surface area contributed by atoms with E-state index in [1.807, 2.05) is 18.2 Å². The first-order valence-corrected chi connectivity index (χ1v) is 7.16. The van der Waals surface area contributed by atoms with Crippen molar-refractivity contribution in [1.82, 2.24) is 0 Å². The highest BCUT2D eigenvalue weighted by Crippen LogP contribution is 2.39. The summed E-state index contributed by atoms with van der Waals surface area (Å²) >= 11 is 0. The molecule has 1 fully saturated rings. The van der Waals surface area contributed by atoms with Crippen LogP contribution in [-0.4, -0.2) is 31.8 Å². The van der Waals surface area contributed by atoms with Crippen molar-refractivity contribution < 1.29 is 14.3 Å². The highest BCUT2D eigenvalue weighted by Gasteiger charge is 2.49. The molecular formula is C16H23NO3. The highest BCUT2D eigenvalue weighted by atomic mass is 16.5. The number of benzene rings is 1. The van der Waals surface area contributed by atoms with Gasteiger partial charge in [-0.3, -0.25) is 0 Å². The molecule has 0 saturated heterocycles. The average Bonchev–Trinajstić information content (AvgIpc) is 3.32. The first-order valence-electron chi connectivity index (χ1n) is 7.16. The van der Waals surface area contributed by atoms with Crippen LogP contribution >= 0.6 is 0 Å². The number of ether oxygens (including phenoxy) is 2. The van der Waals surface area contributed by atoms with Crippen LogP contribution in [0.25, 0.3) is 0 Å². The van der Waals surface area contributed by atoms with Gasteiger partial charge in [-0.15, -0.1) is 0 Å². The lowest BCUT2D eigenvalue weighted by Gasteiger charge is -2.26. The van der Waals surface area contributed by atoms with E-state index in [-0.39, 0.29) is 18.5 Å². The zero-order valence-electron chi connectivity index (χ0n) is 12.0. The third-order valence-electron chi connectivity index (χ3n) is 3.81. The second-order valence-corrected chi connectivity index (χ2v) is 5.45. The van der Waals surface area contributed by atoms with Crippen molar-refractivity contribution in [2.75, 3.05) is 20.3 Å². The molecule has 1 aromatic carbocycles. The van der Waals surface area contributed by atoms with Crippen molar-refractivity contribution >= 4 is 5.97 Å². The number of carbonyl (C=O) groups excluding carboxylic acids is 1. The summed E-state index contributed by atoms with van der Waals surface area (Å²) in [6, 6.07) is 10.3. The number of methoxy groups -OCH3 is 1. The lowest BCUT2D eigenvalue weighted by Crippen LogP contribution is -2.54. The van der Waals surface area contributed by atoms with Crippen LogP contribution in [0.15, 0.2) is 30.3 Å². The van der Waals surface area contributed by atoms with Crippen molar-refractivity contribution in [3.63, 3.8) is 0 Å². The summed E-state index contributed by atoms with van der Waals surface area (Å²) in [5.74, 6) is -0.146. The Morgan fingerprint density at radius 2 is 2.05 bits per heavy atom. The summed E-state index contributed by atoms with van der Waals surface area (Å²) in [6.45, 7) is 0.858. The quantitative estimate of drug-likeness (QED) is 0.582. The Kier molecular flexibility index (Phi) is 5.15. The van der Waals surface area contributed by atoms with Crippen LogP contribution in [-0.2, 0) is 20.7 Å². The van der Waals surface area contributed by atoms with Crippen molar-refractivity contribution in [1.29, 1.82) is 0 Å². The molecule has 0 aromatic heterocycles. The molecule has 4 nitrogen and oxygen atoms in total. The van der Waals surface area contributed by atoms with Crippen LogP contribution in [0.2, 0.25) is 0 Å². The second-order valence-electron chi connectivity index (χ2n) is 5.45. The van der Waals surface area contributed by atoms with Crippen LogP contribution in [0, 0.1) is 5.92 Å². The van der Waals surface area contributed by atoms with Crippen molar-refractivity contribution in [3.8, 4) is 0 Å². The van der Waals surface area contributed by atoms with Gasteiger partial charge in [-0.25, -0.2) is 4.79 Å². The van der Waals surface area contributed by atoms with Gasteiger partial charge in [0.25, 0.3) is 0 Å². The molecule has 1 atom stereocenters. The first-order chi connectivity index (χ1) is 9.66. The molecule has 1 unspecified atom stereocenters. The Balaban J connectivity index is 1.70. The van der Waals surface area contributed by atoms with Gasteiger partial charge >= 0.3 is 5.97 Å². The van der Waals surface area contributed by atoms with Crippen LogP contribution < -0.4 is 5.73 Å². The second kappa shape index (κ2) is 6.86. The fourth-order valence-electron chi connectivity index (χ4n) is 2.40. The van der Waals surface area contributed by atoms with Gasteiger partial charge in [-0.1, -0.05) is 30.3 Å². The van der Waals surface area contributed by atoms with E-state index < -0.39 is 5.54 Å². The van der Waals surface area contributed by atoms with E-state index in [0.29, 0.717) is 6.61 Å². The Bertz CT molecular complexity index is 431. The third-order valence-corrected chi connectivity index (χ3v) is 3.81. The van der Waals surface area contributed by atoms with Gasteiger partial charge in [0.1, 0.15) is 5.54 Å². The van der Waals surface area contributed by atoms with Gasteiger partial charge in [0.05, 0.1) is 13.7 Å². The van der Waals surface area contributed by atoms with Gasteiger partial charge < -0.3 is 15.2 Å². The molecule has 1 saturated carbocycles. The number of nitrogens with two attached hydrogens (primary N) is 1. The number of hydrogen-bond acceptors (Lipinski definition) is 4. The fraction of sp³-hybridized carbons (Fsp3) is 0.562. The van der Waals surface area contributed by atoms with E-state index in [0.717, 1.165) is 25.7 Å². The van der Waals surface area contributed by atoms with E-state index in [9.17, 15) is 4.79 Å². The van der Waals surface area contributed by atoms with Crippen molar-refractivity contribution in [3.05, 3.63) is 35.9 Å². The smallest absolute Gasteiger partial charge is 0.328 e. The van der Waals surface area contributed by atoms with Crippen molar-refractivity contribution in [2.24, 2.45) is 11.7 Å². The number of hydrogen-bond donors (Lipinski definition) is 1. The first kappa shape index (κ1) is 15.0. The molecule has 0 amide bonds. The maximum absolute atomic E-state index is 11.8. The molecule has 0 spiro atoms. The summed E-state index contributed by atoms with van der Waals surface area (Å²) in [4.78, 5) is 11.8. The normalized spacial score (nSPS) is 17.5. The summed E-state index contributed by atoms with van der Waals surface area (Å²) in [7, 11) is 1.38. The summed E-state index contributed by atoms with van der Waals surface area (Å²) in [5.41, 5.74) is 6.49. The molecule has 1 aliphatic rings. The van der Waals surface area contributed by atoms with E-state index >= 15 is 0 Å². The number of aryl methyl sites for hydroxylation is 1. The molecule has 0 bridgehead atoms. The lowest BCUT2D eigenvalue weighted by molar-refractivity contribution is -0.150. The number of esters is 1. The Labute approximate surface area is 120 Å². The van der Waals surface area contributed by atoms with Gasteiger partial charge in [-0.05, 0) is 37.2 Å². The molecule has 110 valence electrons. The van der Waals surface area contributed by atoms with Gasteiger partial charge in [0.2, 0.25) is 0 Å². The zero-order chi connectivity index (χ0) is 14.4. The fourth-order valence-corrected chi connectivity index (χ4v) is 2.40. The maximum Gasteiger partial charge on any atom is 0.328 e. The molecule has 20 heavy (non-hydrogen) atoms. The van der Waals surface area contributed by atoms with Gasteiger partial charge in [-0.2, -0.15) is 0 Å². The Morgan fingerprint density at radius 3 is 2.65 bits per heavy atom. The van der Waals surface area contributed by atoms with Gasteiger partial charge in [0.15, 0.2) is 0 Å². The van der Waals surface area contributed by atoms with Crippen LogP contribution in [0.3, 0.4) is 0 Å². The predicted octanol–water partition coefficient (Wildman–Crippen LogP) is 1.92. The van der Waals surface area contributed by atoms with Crippen LogP contribution in [0.1, 0.15) is 24.8 Å². The highest BCUT2D eigenvalue weighted by molar-refractivity contribution is 5.81. The van der Waals surface area contributed by atoms with E-state index in [1.165, 1.54) is 12.7 Å². The van der Waals surface area contributed by atoms with Crippen molar-refractivity contribution in [2.45, 2.75) is 31.2 Å². The topological polar surface area (TPSA) is 61.5 Å². The zero-order valence-corrected chi connectivity index (χ0v) is 12.0. The largest absolute Gasteiger partial charge is 0.468 e. The van der Waals surface area contributed by atoms with Crippen LogP contribution in [0.5, 0.6) is 0 Å².